The number of carbonyl (C=O) groups is 2. The van der Waals surface area contributed by atoms with E-state index in [4.69, 9.17) is 5.11 Å². The third-order valence-corrected chi connectivity index (χ3v) is 3.79. The van der Waals surface area contributed by atoms with Crippen LogP contribution in [0.25, 0.3) is 10.8 Å². The fourth-order valence-corrected chi connectivity index (χ4v) is 2.58. The highest BCUT2D eigenvalue weighted by atomic mass is 32.1. The number of nitrogens with one attached hydrogen (secondary N) is 1. The molecule has 2 N–H and O–H groups in total. The van der Waals surface area contributed by atoms with Crippen LogP contribution >= 0.6 is 11.3 Å². The quantitative estimate of drug-likeness (QED) is 0.841. The van der Waals surface area contributed by atoms with Crippen LogP contribution in [0.3, 0.4) is 0 Å². The van der Waals surface area contributed by atoms with Crippen molar-refractivity contribution in [1.29, 1.82) is 0 Å². The topological polar surface area (TPSA) is 105 Å². The van der Waals surface area contributed by atoms with Crippen molar-refractivity contribution in [3.05, 3.63) is 29.5 Å². The lowest BCUT2D eigenvalue weighted by molar-refractivity contribution is -0.139. The zero-order chi connectivity index (χ0) is 16.1. The lowest BCUT2D eigenvalue weighted by Gasteiger charge is -2.15. The normalized spacial score (nSPS) is 12.1. The van der Waals surface area contributed by atoms with Gasteiger partial charge in [-0.2, -0.15) is 0 Å². The van der Waals surface area contributed by atoms with Gasteiger partial charge in [0.05, 0.1) is 6.20 Å². The van der Waals surface area contributed by atoms with E-state index in [1.807, 2.05) is 13.8 Å². The van der Waals surface area contributed by atoms with Gasteiger partial charge in [-0.15, -0.1) is 11.3 Å². The number of hydrogen-bond donors (Lipinski definition) is 2. The number of carboxylic acids is 1. The van der Waals surface area contributed by atoms with Gasteiger partial charge in [0.25, 0.3) is 5.91 Å². The highest BCUT2D eigenvalue weighted by Gasteiger charge is 2.23. The summed E-state index contributed by atoms with van der Waals surface area (Å²) in [5.41, 5.74) is 0. The summed E-state index contributed by atoms with van der Waals surface area (Å²) in [6.45, 7) is 3.80. The average molecular weight is 320 g/mol. The SMILES string of the molecule is CC(C)C[C@H](NC(=O)c1cnc(-c2ncccn2)s1)C(=O)O. The largest absolute Gasteiger partial charge is 0.480 e. The maximum absolute atomic E-state index is 12.1. The van der Waals surface area contributed by atoms with Crippen molar-refractivity contribution < 1.29 is 14.7 Å². The van der Waals surface area contributed by atoms with Crippen LogP contribution in [0.5, 0.6) is 0 Å². The molecule has 0 saturated carbocycles. The minimum Gasteiger partial charge on any atom is -0.480 e. The molecule has 0 aliphatic rings. The van der Waals surface area contributed by atoms with Crippen molar-refractivity contribution >= 4 is 23.2 Å². The fourth-order valence-electron chi connectivity index (χ4n) is 1.81. The van der Waals surface area contributed by atoms with Crippen LogP contribution in [0.15, 0.2) is 24.7 Å². The number of carboxylic acid groups (broad SMARTS) is 1. The lowest BCUT2D eigenvalue weighted by atomic mass is 10.0. The Morgan fingerprint density at radius 3 is 2.55 bits per heavy atom. The van der Waals surface area contributed by atoms with E-state index in [0.29, 0.717) is 22.1 Å². The molecule has 2 heterocycles. The smallest absolute Gasteiger partial charge is 0.326 e. The first-order valence-corrected chi connectivity index (χ1v) is 7.56. The van der Waals surface area contributed by atoms with Crippen LogP contribution in [0, 0.1) is 5.92 Å². The Kier molecular flexibility index (Phi) is 5.16. The van der Waals surface area contributed by atoms with Gasteiger partial charge in [0.2, 0.25) is 0 Å². The lowest BCUT2D eigenvalue weighted by Crippen LogP contribution is -2.41. The summed E-state index contributed by atoms with van der Waals surface area (Å²) in [5.74, 6) is -0.898. The molecule has 8 heteroatoms. The van der Waals surface area contributed by atoms with Crippen molar-refractivity contribution in [3.63, 3.8) is 0 Å². The summed E-state index contributed by atoms with van der Waals surface area (Å²) in [7, 11) is 0. The molecule has 0 bridgehead atoms. The van der Waals surface area contributed by atoms with E-state index in [9.17, 15) is 9.59 Å². The van der Waals surface area contributed by atoms with Gasteiger partial charge in [-0.05, 0) is 18.4 Å². The molecular formula is C14H16N4O3S. The fraction of sp³-hybridized carbons (Fsp3) is 0.357. The first kappa shape index (κ1) is 16.0. The molecule has 2 rings (SSSR count). The van der Waals surface area contributed by atoms with Crippen LogP contribution < -0.4 is 5.32 Å². The third-order valence-electron chi connectivity index (χ3n) is 2.80. The molecule has 0 saturated heterocycles. The third kappa shape index (κ3) is 4.08. The number of nitrogens with zero attached hydrogens (tertiary/aromatic N) is 3. The Labute approximate surface area is 131 Å². The summed E-state index contributed by atoms with van der Waals surface area (Å²) in [5, 5.41) is 12.2. The van der Waals surface area contributed by atoms with Crippen LogP contribution in [0.4, 0.5) is 0 Å². The molecule has 0 aromatic carbocycles. The Morgan fingerprint density at radius 1 is 1.27 bits per heavy atom. The molecule has 1 amide bonds. The zero-order valence-corrected chi connectivity index (χ0v) is 13.0. The van der Waals surface area contributed by atoms with E-state index < -0.39 is 17.9 Å². The maximum atomic E-state index is 12.1. The number of rotatable bonds is 6. The molecule has 0 spiro atoms. The minimum absolute atomic E-state index is 0.163. The molecule has 0 unspecified atom stereocenters. The predicted octanol–water partition coefficient (Wildman–Crippen LogP) is 1.83. The molecule has 0 aliphatic heterocycles. The first-order chi connectivity index (χ1) is 10.5. The van der Waals surface area contributed by atoms with Gasteiger partial charge in [0, 0.05) is 12.4 Å². The molecular weight excluding hydrogens is 304 g/mol. The van der Waals surface area contributed by atoms with Crippen LogP contribution in [0.1, 0.15) is 29.9 Å². The van der Waals surface area contributed by atoms with Crippen LogP contribution in [-0.4, -0.2) is 38.0 Å². The van der Waals surface area contributed by atoms with Crippen molar-refractivity contribution in [2.75, 3.05) is 0 Å². The molecule has 2 aromatic heterocycles. The van der Waals surface area contributed by atoms with E-state index in [1.54, 1.807) is 18.5 Å². The second kappa shape index (κ2) is 7.08. The highest BCUT2D eigenvalue weighted by Crippen LogP contribution is 2.21. The number of aromatic nitrogens is 3. The van der Waals surface area contributed by atoms with Gasteiger partial charge in [-0.1, -0.05) is 13.8 Å². The Morgan fingerprint density at radius 2 is 1.95 bits per heavy atom. The molecule has 22 heavy (non-hydrogen) atoms. The van der Waals surface area contributed by atoms with Crippen molar-refractivity contribution in [1.82, 2.24) is 20.3 Å². The number of amides is 1. The highest BCUT2D eigenvalue weighted by molar-refractivity contribution is 7.16. The summed E-state index contributed by atoms with van der Waals surface area (Å²) in [6, 6.07) is 0.778. The summed E-state index contributed by atoms with van der Waals surface area (Å²) >= 11 is 1.13. The maximum Gasteiger partial charge on any atom is 0.326 e. The van der Waals surface area contributed by atoms with Gasteiger partial charge in [0.15, 0.2) is 10.8 Å². The van der Waals surface area contributed by atoms with E-state index in [-0.39, 0.29) is 5.92 Å². The van der Waals surface area contributed by atoms with Crippen molar-refractivity contribution in [3.8, 4) is 10.8 Å². The Hall–Kier alpha value is -2.35. The summed E-state index contributed by atoms with van der Waals surface area (Å²) in [6.07, 6.45) is 4.95. The molecule has 0 radical (unpaired) electrons. The van der Waals surface area contributed by atoms with E-state index in [0.717, 1.165) is 11.3 Å². The number of carbonyl (C=O) groups excluding carboxylic acids is 1. The average Bonchev–Trinajstić information content (AvgIpc) is 2.96. The Balaban J connectivity index is 2.10. The summed E-state index contributed by atoms with van der Waals surface area (Å²) < 4.78 is 0. The van der Waals surface area contributed by atoms with Crippen molar-refractivity contribution in [2.45, 2.75) is 26.3 Å². The van der Waals surface area contributed by atoms with Crippen molar-refractivity contribution in [2.24, 2.45) is 5.92 Å². The van der Waals surface area contributed by atoms with Gasteiger partial charge in [-0.3, -0.25) is 4.79 Å². The molecule has 0 aliphatic carbocycles. The van der Waals surface area contributed by atoms with E-state index >= 15 is 0 Å². The monoisotopic (exact) mass is 320 g/mol. The standard InChI is InChI=1S/C14H16N4O3S/c1-8(2)6-9(14(20)21)18-12(19)10-7-17-13(22-10)11-15-4-3-5-16-11/h3-5,7-9H,6H2,1-2H3,(H,18,19)(H,20,21)/t9-/m0/s1. The Bertz CT molecular complexity index is 657. The van der Waals surface area contributed by atoms with Gasteiger partial charge >= 0.3 is 5.97 Å². The molecule has 7 nitrogen and oxygen atoms in total. The molecule has 0 fully saturated rings. The van der Waals surface area contributed by atoms with E-state index in [2.05, 4.69) is 20.3 Å². The first-order valence-electron chi connectivity index (χ1n) is 6.74. The number of hydrogen-bond acceptors (Lipinski definition) is 6. The van der Waals surface area contributed by atoms with Crippen LogP contribution in [-0.2, 0) is 4.79 Å². The zero-order valence-electron chi connectivity index (χ0n) is 12.2. The molecule has 116 valence electrons. The van der Waals surface area contributed by atoms with E-state index in [1.165, 1.54) is 6.20 Å². The van der Waals surface area contributed by atoms with Gasteiger partial charge < -0.3 is 10.4 Å². The number of thiazole rings is 1. The predicted molar refractivity (Wildman–Crippen MR) is 81.5 cm³/mol. The van der Waals surface area contributed by atoms with Gasteiger partial charge in [-0.25, -0.2) is 19.7 Å². The van der Waals surface area contributed by atoms with Crippen LogP contribution in [0.2, 0.25) is 0 Å². The minimum atomic E-state index is -1.04. The second-order valence-electron chi connectivity index (χ2n) is 5.10. The summed E-state index contributed by atoms with van der Waals surface area (Å²) in [4.78, 5) is 35.9. The second-order valence-corrected chi connectivity index (χ2v) is 6.13. The van der Waals surface area contributed by atoms with Gasteiger partial charge in [0.1, 0.15) is 10.9 Å². The molecule has 1 atom stereocenters. The molecule has 2 aromatic rings. The number of aliphatic carboxylic acids is 1.